The van der Waals surface area contributed by atoms with E-state index in [2.05, 4.69) is 0 Å². The molecule has 142 valence electrons. The lowest BCUT2D eigenvalue weighted by molar-refractivity contribution is 0.0470. The number of ether oxygens (including phenoxy) is 2. The van der Waals surface area contributed by atoms with Crippen molar-refractivity contribution < 1.29 is 27.8 Å². The highest BCUT2D eigenvalue weighted by Crippen LogP contribution is 2.12. The molecule has 0 heterocycles. The molecule has 28 heavy (non-hydrogen) atoms. The second-order valence-corrected chi connectivity index (χ2v) is 5.99. The Balaban J connectivity index is 1.60. The third kappa shape index (κ3) is 5.23. The predicted molar refractivity (Wildman–Crippen MR) is 97.5 cm³/mol. The van der Waals surface area contributed by atoms with E-state index in [1.807, 2.05) is 0 Å². The molecular formula is C22H16F2O4. The number of carbonyl (C=O) groups is 2. The monoisotopic (exact) mass is 382 g/mol. The third-order valence-electron chi connectivity index (χ3n) is 3.85. The van der Waals surface area contributed by atoms with Crippen molar-refractivity contribution in [3.05, 3.63) is 107 Å². The molecule has 3 rings (SSSR count). The molecule has 0 N–H and O–H groups in total. The average Bonchev–Trinajstić information content (AvgIpc) is 2.70. The molecule has 0 spiro atoms. The van der Waals surface area contributed by atoms with Crippen LogP contribution in [0.25, 0.3) is 0 Å². The van der Waals surface area contributed by atoms with Crippen LogP contribution in [0.2, 0.25) is 0 Å². The van der Waals surface area contributed by atoms with Gasteiger partial charge in [-0.3, -0.25) is 0 Å². The first kappa shape index (κ1) is 19.2. The first-order valence-electron chi connectivity index (χ1n) is 8.44. The molecule has 3 aromatic carbocycles. The number of rotatable bonds is 6. The smallest absolute Gasteiger partial charge is 0.338 e. The van der Waals surface area contributed by atoms with Crippen LogP contribution in [-0.4, -0.2) is 11.9 Å². The van der Waals surface area contributed by atoms with E-state index in [9.17, 15) is 18.4 Å². The van der Waals surface area contributed by atoms with Crippen molar-refractivity contribution in [1.29, 1.82) is 0 Å². The average molecular weight is 382 g/mol. The van der Waals surface area contributed by atoms with Crippen LogP contribution < -0.4 is 0 Å². The quantitative estimate of drug-likeness (QED) is 0.581. The molecule has 3 aromatic rings. The molecular weight excluding hydrogens is 366 g/mol. The maximum atomic E-state index is 13.2. The molecule has 6 heteroatoms. The lowest BCUT2D eigenvalue weighted by Gasteiger charge is -2.08. The minimum atomic E-state index is -0.649. The van der Waals surface area contributed by atoms with Gasteiger partial charge >= 0.3 is 11.9 Å². The van der Waals surface area contributed by atoms with Gasteiger partial charge in [0.1, 0.15) is 24.8 Å². The van der Waals surface area contributed by atoms with E-state index < -0.39 is 23.6 Å². The van der Waals surface area contributed by atoms with Crippen LogP contribution in [-0.2, 0) is 22.7 Å². The molecule has 0 unspecified atom stereocenters. The van der Waals surface area contributed by atoms with Crippen LogP contribution in [0.4, 0.5) is 8.78 Å². The molecule has 0 amide bonds. The Morgan fingerprint density at radius 1 is 0.643 bits per heavy atom. The lowest BCUT2D eigenvalue weighted by atomic mass is 10.1. The summed E-state index contributed by atoms with van der Waals surface area (Å²) in [5.41, 5.74) is 1.35. The fourth-order valence-corrected chi connectivity index (χ4v) is 2.49. The minimum Gasteiger partial charge on any atom is -0.457 e. The number of esters is 2. The van der Waals surface area contributed by atoms with Gasteiger partial charge in [0.15, 0.2) is 0 Å². The highest BCUT2D eigenvalue weighted by atomic mass is 19.1. The first-order valence-corrected chi connectivity index (χ1v) is 8.44. The van der Waals surface area contributed by atoms with E-state index in [0.29, 0.717) is 11.1 Å². The summed E-state index contributed by atoms with van der Waals surface area (Å²) in [6.07, 6.45) is 0. The van der Waals surface area contributed by atoms with Gasteiger partial charge in [-0.15, -0.1) is 0 Å². The first-order chi connectivity index (χ1) is 13.5. The Kier molecular flexibility index (Phi) is 6.11. The van der Waals surface area contributed by atoms with Gasteiger partial charge in [0.2, 0.25) is 0 Å². The van der Waals surface area contributed by atoms with Crippen molar-refractivity contribution >= 4 is 11.9 Å². The third-order valence-corrected chi connectivity index (χ3v) is 3.85. The van der Waals surface area contributed by atoms with Crippen molar-refractivity contribution in [2.75, 3.05) is 0 Å². The summed E-state index contributed by atoms with van der Waals surface area (Å²) in [7, 11) is 0. The second kappa shape index (κ2) is 8.90. The summed E-state index contributed by atoms with van der Waals surface area (Å²) in [6, 6.07) is 17.3. The molecule has 0 aromatic heterocycles. The van der Waals surface area contributed by atoms with Gasteiger partial charge in [0.25, 0.3) is 0 Å². The summed E-state index contributed by atoms with van der Waals surface area (Å²) in [5.74, 6) is -2.14. The lowest BCUT2D eigenvalue weighted by Crippen LogP contribution is -2.09. The summed E-state index contributed by atoms with van der Waals surface area (Å²) in [4.78, 5) is 24.4. The molecule has 4 nitrogen and oxygen atoms in total. The van der Waals surface area contributed by atoms with Gasteiger partial charge in [-0.25, -0.2) is 18.4 Å². The van der Waals surface area contributed by atoms with Crippen LogP contribution in [0.5, 0.6) is 0 Å². The standard InChI is InChI=1S/C22H16F2O4/c23-19-8-1-4-15(10-19)13-27-21(25)17-6-3-7-18(12-17)22(26)28-14-16-5-2-9-20(24)11-16/h1-12H,13-14H2. The van der Waals surface area contributed by atoms with Crippen molar-refractivity contribution in [2.45, 2.75) is 13.2 Å². The number of halogens is 2. The zero-order chi connectivity index (χ0) is 19.9. The fraction of sp³-hybridized carbons (Fsp3) is 0.0909. The fourth-order valence-electron chi connectivity index (χ4n) is 2.49. The summed E-state index contributed by atoms with van der Waals surface area (Å²) in [6.45, 7) is -0.185. The largest absolute Gasteiger partial charge is 0.457 e. The maximum Gasteiger partial charge on any atom is 0.338 e. The Morgan fingerprint density at radius 3 is 1.50 bits per heavy atom. The normalized spacial score (nSPS) is 10.4. The summed E-state index contributed by atoms with van der Waals surface area (Å²) < 4.78 is 36.6. The van der Waals surface area contributed by atoms with Crippen LogP contribution in [0.3, 0.4) is 0 Å². The van der Waals surface area contributed by atoms with Crippen LogP contribution in [0, 0.1) is 11.6 Å². The molecule has 0 saturated carbocycles. The highest BCUT2D eigenvalue weighted by Gasteiger charge is 2.13. The van der Waals surface area contributed by atoms with E-state index in [0.717, 1.165) is 0 Å². The van der Waals surface area contributed by atoms with E-state index in [1.54, 1.807) is 12.1 Å². The van der Waals surface area contributed by atoms with Gasteiger partial charge < -0.3 is 9.47 Å². The van der Waals surface area contributed by atoms with E-state index >= 15 is 0 Å². The molecule has 0 radical (unpaired) electrons. The van der Waals surface area contributed by atoms with Gasteiger partial charge in [-0.1, -0.05) is 30.3 Å². The van der Waals surface area contributed by atoms with E-state index in [-0.39, 0.29) is 24.3 Å². The zero-order valence-electron chi connectivity index (χ0n) is 14.7. The molecule has 0 fully saturated rings. The zero-order valence-corrected chi connectivity index (χ0v) is 14.7. The second-order valence-electron chi connectivity index (χ2n) is 5.99. The Labute approximate surface area is 160 Å². The Hall–Kier alpha value is -3.54. The van der Waals surface area contributed by atoms with Crippen molar-refractivity contribution in [3.8, 4) is 0 Å². The Morgan fingerprint density at radius 2 is 1.07 bits per heavy atom. The van der Waals surface area contributed by atoms with Crippen molar-refractivity contribution in [2.24, 2.45) is 0 Å². The molecule has 0 aliphatic carbocycles. The van der Waals surface area contributed by atoms with E-state index in [4.69, 9.17) is 9.47 Å². The van der Waals surface area contributed by atoms with Crippen molar-refractivity contribution in [3.63, 3.8) is 0 Å². The van der Waals surface area contributed by atoms with E-state index in [1.165, 1.54) is 60.7 Å². The number of carbonyl (C=O) groups excluding carboxylic acids is 2. The van der Waals surface area contributed by atoms with Gasteiger partial charge in [-0.05, 0) is 53.6 Å². The highest BCUT2D eigenvalue weighted by molar-refractivity contribution is 5.95. The van der Waals surface area contributed by atoms with Crippen molar-refractivity contribution in [1.82, 2.24) is 0 Å². The van der Waals surface area contributed by atoms with Gasteiger partial charge in [-0.2, -0.15) is 0 Å². The molecule has 0 aliphatic heterocycles. The summed E-state index contributed by atoms with van der Waals surface area (Å²) in [5, 5.41) is 0. The van der Waals surface area contributed by atoms with Crippen LogP contribution in [0.1, 0.15) is 31.8 Å². The number of benzene rings is 3. The molecule has 0 bridgehead atoms. The molecule has 0 saturated heterocycles. The molecule has 0 aliphatic rings. The topological polar surface area (TPSA) is 52.6 Å². The van der Waals surface area contributed by atoms with Crippen LogP contribution >= 0.6 is 0 Å². The number of hydrogen-bond donors (Lipinski definition) is 0. The maximum absolute atomic E-state index is 13.2. The molecule has 0 atom stereocenters. The SMILES string of the molecule is O=C(OCc1cccc(F)c1)c1cccc(C(=O)OCc2cccc(F)c2)c1. The van der Waals surface area contributed by atoms with Gasteiger partial charge in [0.05, 0.1) is 11.1 Å². The predicted octanol–water partition coefficient (Wildman–Crippen LogP) is 4.68. The minimum absolute atomic E-state index is 0.0924. The van der Waals surface area contributed by atoms with Crippen LogP contribution in [0.15, 0.2) is 72.8 Å². The number of hydrogen-bond acceptors (Lipinski definition) is 4. The van der Waals surface area contributed by atoms with Gasteiger partial charge in [0, 0.05) is 0 Å². The Bertz CT molecular complexity index is 924. The summed E-state index contributed by atoms with van der Waals surface area (Å²) >= 11 is 0.